The molecule has 8 heteroatoms. The molecule has 0 aliphatic heterocycles. The normalized spacial score (nSPS) is 10.7. The first kappa shape index (κ1) is 27.4. The highest BCUT2D eigenvalue weighted by Crippen LogP contribution is 2.08. The second-order valence-electron chi connectivity index (χ2n) is 7.56. The molecule has 0 fully saturated rings. The van der Waals surface area contributed by atoms with Crippen LogP contribution in [0.15, 0.2) is 59.6 Å². The molecule has 2 amide bonds. The summed E-state index contributed by atoms with van der Waals surface area (Å²) in [6.07, 6.45) is 1.15. The molecule has 2 aromatic rings. The third-order valence-electron chi connectivity index (χ3n) is 4.83. The van der Waals surface area contributed by atoms with Crippen molar-refractivity contribution in [3.63, 3.8) is 0 Å². The number of carbonyl (C=O) groups excluding carboxylic acids is 2. The summed E-state index contributed by atoms with van der Waals surface area (Å²) in [6, 6.07) is 17.6. The van der Waals surface area contributed by atoms with Crippen molar-refractivity contribution in [1.82, 2.24) is 20.4 Å². The van der Waals surface area contributed by atoms with Crippen molar-refractivity contribution in [2.75, 3.05) is 41.3 Å². The molecule has 0 bridgehead atoms. The number of nitrogens with zero attached hydrogens (tertiary/aromatic N) is 3. The van der Waals surface area contributed by atoms with Gasteiger partial charge in [-0.15, -0.1) is 24.0 Å². The molecule has 0 aliphatic carbocycles. The third-order valence-corrected chi connectivity index (χ3v) is 4.83. The Morgan fingerprint density at radius 2 is 1.56 bits per heavy atom. The Hall–Kier alpha value is -2.62. The SMILES string of the molecule is CN=C(NCCC(=O)N(C)Cc1ccccc1)NCCc1cccc(C(=O)N(C)C)c1.I. The minimum atomic E-state index is -0.00538. The molecule has 0 saturated heterocycles. The maximum atomic E-state index is 12.3. The first-order valence-electron chi connectivity index (χ1n) is 10.4. The van der Waals surface area contributed by atoms with Crippen LogP contribution < -0.4 is 10.6 Å². The second kappa shape index (κ2) is 14.4. The first-order chi connectivity index (χ1) is 14.9. The monoisotopic (exact) mass is 551 g/mol. The fraction of sp³-hybridized carbons (Fsp3) is 0.375. The average Bonchev–Trinajstić information content (AvgIpc) is 2.78. The van der Waals surface area contributed by atoms with Crippen molar-refractivity contribution < 1.29 is 9.59 Å². The Labute approximate surface area is 208 Å². The predicted molar refractivity (Wildman–Crippen MR) is 140 cm³/mol. The molecule has 2 aromatic carbocycles. The number of nitrogens with one attached hydrogen (secondary N) is 2. The van der Waals surface area contributed by atoms with E-state index in [0.29, 0.717) is 37.6 Å². The van der Waals surface area contributed by atoms with Crippen LogP contribution in [0, 0.1) is 0 Å². The summed E-state index contributed by atoms with van der Waals surface area (Å²) < 4.78 is 0. The molecule has 174 valence electrons. The van der Waals surface area contributed by atoms with Gasteiger partial charge in [0.2, 0.25) is 5.91 Å². The lowest BCUT2D eigenvalue weighted by atomic mass is 10.1. The van der Waals surface area contributed by atoms with Gasteiger partial charge in [0, 0.05) is 59.8 Å². The Morgan fingerprint density at radius 1 is 0.906 bits per heavy atom. The standard InChI is InChI=1S/C24H33N5O2.HI/c1-25-24(26-15-13-19-11-8-12-21(17-19)23(31)28(2)3)27-16-14-22(30)29(4)18-20-9-6-5-7-10-20;/h5-12,17H,13-16,18H2,1-4H3,(H2,25,26,27);1H. The number of rotatable bonds is 9. The fourth-order valence-corrected chi connectivity index (χ4v) is 3.09. The molecule has 0 saturated carbocycles. The van der Waals surface area contributed by atoms with Gasteiger partial charge in [0.05, 0.1) is 0 Å². The lowest BCUT2D eigenvalue weighted by Gasteiger charge is -2.18. The molecule has 0 radical (unpaired) electrons. The number of halogens is 1. The van der Waals surface area contributed by atoms with Crippen molar-refractivity contribution in [2.45, 2.75) is 19.4 Å². The largest absolute Gasteiger partial charge is 0.356 e. The van der Waals surface area contributed by atoms with E-state index in [1.165, 1.54) is 0 Å². The summed E-state index contributed by atoms with van der Waals surface area (Å²) in [4.78, 5) is 32.0. The zero-order valence-corrected chi connectivity index (χ0v) is 21.6. The zero-order chi connectivity index (χ0) is 22.6. The topological polar surface area (TPSA) is 77.0 Å². The van der Waals surface area contributed by atoms with E-state index in [0.717, 1.165) is 17.5 Å². The van der Waals surface area contributed by atoms with E-state index in [9.17, 15) is 9.59 Å². The van der Waals surface area contributed by atoms with Crippen LogP contribution in [0.2, 0.25) is 0 Å². The van der Waals surface area contributed by atoms with Gasteiger partial charge in [-0.3, -0.25) is 14.6 Å². The molecule has 0 atom stereocenters. The molecule has 32 heavy (non-hydrogen) atoms. The molecule has 0 spiro atoms. The zero-order valence-electron chi connectivity index (χ0n) is 19.3. The van der Waals surface area contributed by atoms with Crippen LogP contribution in [0.5, 0.6) is 0 Å². The highest BCUT2D eigenvalue weighted by molar-refractivity contribution is 14.0. The van der Waals surface area contributed by atoms with E-state index in [-0.39, 0.29) is 35.8 Å². The second-order valence-corrected chi connectivity index (χ2v) is 7.56. The van der Waals surface area contributed by atoms with E-state index in [1.807, 2.05) is 61.6 Å². The lowest BCUT2D eigenvalue weighted by Crippen LogP contribution is -2.40. The fourth-order valence-electron chi connectivity index (χ4n) is 3.09. The van der Waals surface area contributed by atoms with Crippen LogP contribution in [0.3, 0.4) is 0 Å². The molecule has 2 N–H and O–H groups in total. The quantitative estimate of drug-likeness (QED) is 0.286. The van der Waals surface area contributed by atoms with Gasteiger partial charge in [0.25, 0.3) is 5.91 Å². The Balaban J connectivity index is 0.00000512. The maximum absolute atomic E-state index is 12.3. The molecule has 0 aliphatic rings. The number of amides is 2. The molecule has 0 heterocycles. The van der Waals surface area contributed by atoms with Gasteiger partial charge < -0.3 is 20.4 Å². The number of carbonyl (C=O) groups is 2. The van der Waals surface area contributed by atoms with Gasteiger partial charge in [0.1, 0.15) is 0 Å². The van der Waals surface area contributed by atoms with Crippen LogP contribution in [0.1, 0.15) is 27.9 Å². The summed E-state index contributed by atoms with van der Waals surface area (Å²) in [6.45, 7) is 1.77. The van der Waals surface area contributed by atoms with Crippen molar-refractivity contribution in [2.24, 2.45) is 4.99 Å². The van der Waals surface area contributed by atoms with E-state index < -0.39 is 0 Å². The van der Waals surface area contributed by atoms with Crippen molar-refractivity contribution in [3.8, 4) is 0 Å². The van der Waals surface area contributed by atoms with Gasteiger partial charge in [0.15, 0.2) is 5.96 Å². The Morgan fingerprint density at radius 3 is 2.22 bits per heavy atom. The highest BCUT2D eigenvalue weighted by Gasteiger charge is 2.10. The lowest BCUT2D eigenvalue weighted by molar-refractivity contribution is -0.130. The molecule has 2 rings (SSSR count). The number of hydrogen-bond acceptors (Lipinski definition) is 3. The minimum absolute atomic E-state index is 0. The number of benzene rings is 2. The van der Waals surface area contributed by atoms with Gasteiger partial charge in [-0.2, -0.15) is 0 Å². The summed E-state index contributed by atoms with van der Waals surface area (Å²) in [5.41, 5.74) is 2.87. The summed E-state index contributed by atoms with van der Waals surface area (Å²) in [5, 5.41) is 6.43. The summed E-state index contributed by atoms with van der Waals surface area (Å²) in [7, 11) is 7.01. The molecule has 7 nitrogen and oxygen atoms in total. The number of hydrogen-bond donors (Lipinski definition) is 2. The van der Waals surface area contributed by atoms with Crippen LogP contribution in [-0.2, 0) is 17.8 Å². The Bertz CT molecular complexity index is 887. The summed E-state index contributed by atoms with van der Waals surface area (Å²) >= 11 is 0. The molecular weight excluding hydrogens is 517 g/mol. The van der Waals surface area contributed by atoms with Gasteiger partial charge in [-0.25, -0.2) is 0 Å². The van der Waals surface area contributed by atoms with E-state index in [2.05, 4.69) is 15.6 Å². The highest BCUT2D eigenvalue weighted by atomic mass is 127. The van der Waals surface area contributed by atoms with Crippen LogP contribution in [0.4, 0.5) is 0 Å². The molecule has 0 aromatic heterocycles. The molecule has 0 unspecified atom stereocenters. The van der Waals surface area contributed by atoms with Crippen LogP contribution in [0.25, 0.3) is 0 Å². The first-order valence-corrected chi connectivity index (χ1v) is 10.4. The maximum Gasteiger partial charge on any atom is 0.253 e. The minimum Gasteiger partial charge on any atom is -0.356 e. The van der Waals surface area contributed by atoms with Crippen LogP contribution in [-0.4, -0.2) is 68.9 Å². The number of aliphatic imine (C=N–C) groups is 1. The summed E-state index contributed by atoms with van der Waals surface area (Å²) in [5.74, 6) is 0.724. The Kier molecular flexibility index (Phi) is 12.4. The van der Waals surface area contributed by atoms with E-state index >= 15 is 0 Å². The van der Waals surface area contributed by atoms with Crippen molar-refractivity contribution >= 4 is 41.8 Å². The van der Waals surface area contributed by atoms with Gasteiger partial charge in [-0.1, -0.05) is 42.5 Å². The van der Waals surface area contributed by atoms with Crippen molar-refractivity contribution in [1.29, 1.82) is 0 Å². The third kappa shape index (κ3) is 9.25. The average molecular weight is 551 g/mol. The van der Waals surface area contributed by atoms with E-state index in [1.54, 1.807) is 30.9 Å². The predicted octanol–water partition coefficient (Wildman–Crippen LogP) is 2.76. The number of guanidine groups is 1. The van der Waals surface area contributed by atoms with Gasteiger partial charge >= 0.3 is 0 Å². The van der Waals surface area contributed by atoms with Gasteiger partial charge in [-0.05, 0) is 29.7 Å². The van der Waals surface area contributed by atoms with Crippen LogP contribution >= 0.6 is 24.0 Å². The smallest absolute Gasteiger partial charge is 0.253 e. The molecular formula is C24H34IN5O2. The van der Waals surface area contributed by atoms with E-state index in [4.69, 9.17) is 0 Å². The van der Waals surface area contributed by atoms with Crippen molar-refractivity contribution in [3.05, 3.63) is 71.3 Å².